The van der Waals surface area contributed by atoms with Crippen LogP contribution < -0.4 is 0 Å². The van der Waals surface area contributed by atoms with E-state index in [2.05, 4.69) is 20.1 Å². The van der Waals surface area contributed by atoms with Gasteiger partial charge < -0.3 is 4.74 Å². The van der Waals surface area contributed by atoms with Gasteiger partial charge in [0.25, 0.3) is 0 Å². The summed E-state index contributed by atoms with van der Waals surface area (Å²) in [4.78, 5) is 0. The van der Waals surface area contributed by atoms with Crippen LogP contribution in [0, 0.1) is 0 Å². The fraction of sp³-hybridized carbons (Fsp3) is 0.692. The number of hydrogen-bond acceptors (Lipinski definition) is 1. The van der Waals surface area contributed by atoms with E-state index in [0.29, 0.717) is 0 Å². The first kappa shape index (κ1) is 13.3. The van der Waals surface area contributed by atoms with Gasteiger partial charge in [0.15, 0.2) is 0 Å². The lowest BCUT2D eigenvalue weighted by Gasteiger charge is -2.11. The van der Waals surface area contributed by atoms with Gasteiger partial charge in [0.2, 0.25) is 0 Å². The van der Waals surface area contributed by atoms with Crippen molar-refractivity contribution in [1.29, 1.82) is 0 Å². The molecular formula is C13H24O. The second-order valence-corrected chi connectivity index (χ2v) is 3.63. The molecule has 0 heterocycles. The molecule has 0 fully saturated rings. The maximum absolute atomic E-state index is 5.26. The Morgan fingerprint density at radius 1 is 1.07 bits per heavy atom. The minimum absolute atomic E-state index is 0.165. The normalized spacial score (nSPS) is 12.1. The summed E-state index contributed by atoms with van der Waals surface area (Å²) >= 11 is 0. The third-order valence-corrected chi connectivity index (χ3v) is 2.38. The molecule has 0 saturated carbocycles. The molecule has 0 saturated heterocycles. The lowest BCUT2D eigenvalue weighted by atomic mass is 10.1. The molecule has 0 aromatic heterocycles. The first-order valence-corrected chi connectivity index (χ1v) is 5.74. The van der Waals surface area contributed by atoms with Crippen molar-refractivity contribution in [3.8, 4) is 0 Å². The van der Waals surface area contributed by atoms with Gasteiger partial charge in [-0.3, -0.25) is 0 Å². The predicted octanol–water partition coefficient (Wildman–Crippen LogP) is 4.45. The summed E-state index contributed by atoms with van der Waals surface area (Å²) in [5.41, 5.74) is 0. The number of rotatable bonds is 10. The monoisotopic (exact) mass is 196 g/mol. The van der Waals surface area contributed by atoms with Crippen molar-refractivity contribution in [3.63, 3.8) is 0 Å². The Labute approximate surface area is 88.9 Å². The summed E-state index contributed by atoms with van der Waals surface area (Å²) in [5, 5.41) is 0. The van der Waals surface area contributed by atoms with Crippen LogP contribution in [0.2, 0.25) is 0 Å². The van der Waals surface area contributed by atoms with Crippen molar-refractivity contribution in [2.75, 3.05) is 0 Å². The predicted molar refractivity (Wildman–Crippen MR) is 63.3 cm³/mol. The van der Waals surface area contributed by atoms with Crippen LogP contribution >= 0.6 is 0 Å². The van der Waals surface area contributed by atoms with Gasteiger partial charge in [0.05, 0.1) is 6.26 Å². The molecular weight excluding hydrogens is 172 g/mol. The Morgan fingerprint density at radius 2 is 1.71 bits per heavy atom. The zero-order valence-corrected chi connectivity index (χ0v) is 9.50. The van der Waals surface area contributed by atoms with E-state index in [0.717, 1.165) is 6.42 Å². The van der Waals surface area contributed by atoms with Crippen LogP contribution in [0.5, 0.6) is 0 Å². The molecule has 0 aliphatic rings. The Bertz CT molecular complexity index is 140. The largest absolute Gasteiger partial charge is 0.495 e. The van der Waals surface area contributed by atoms with Gasteiger partial charge in [-0.15, -0.1) is 0 Å². The van der Waals surface area contributed by atoms with Crippen LogP contribution in [-0.4, -0.2) is 6.10 Å². The van der Waals surface area contributed by atoms with E-state index >= 15 is 0 Å². The third kappa shape index (κ3) is 7.90. The summed E-state index contributed by atoms with van der Waals surface area (Å²) in [5.74, 6) is 0. The summed E-state index contributed by atoms with van der Waals surface area (Å²) in [7, 11) is 0. The molecule has 0 bridgehead atoms. The van der Waals surface area contributed by atoms with E-state index in [9.17, 15) is 0 Å². The highest BCUT2D eigenvalue weighted by Crippen LogP contribution is 2.10. The minimum atomic E-state index is 0.165. The van der Waals surface area contributed by atoms with E-state index in [1.54, 1.807) is 0 Å². The summed E-state index contributed by atoms with van der Waals surface area (Å²) < 4.78 is 5.26. The number of hydrogen-bond donors (Lipinski definition) is 0. The second kappa shape index (κ2) is 10.4. The molecule has 0 spiro atoms. The molecule has 0 aromatic rings. The van der Waals surface area contributed by atoms with E-state index < -0.39 is 0 Å². The number of ether oxygens (including phenoxy) is 1. The van der Waals surface area contributed by atoms with Gasteiger partial charge >= 0.3 is 0 Å². The molecule has 0 N–H and O–H groups in total. The van der Waals surface area contributed by atoms with Crippen LogP contribution in [0.15, 0.2) is 25.5 Å². The van der Waals surface area contributed by atoms with Gasteiger partial charge in [-0.05, 0) is 12.8 Å². The first-order valence-electron chi connectivity index (χ1n) is 5.74. The quantitative estimate of drug-likeness (QED) is 0.285. The molecule has 0 rings (SSSR count). The topological polar surface area (TPSA) is 9.23 Å². The van der Waals surface area contributed by atoms with Crippen molar-refractivity contribution >= 4 is 0 Å². The minimum Gasteiger partial charge on any atom is -0.495 e. The molecule has 0 radical (unpaired) electrons. The van der Waals surface area contributed by atoms with Gasteiger partial charge in [-0.25, -0.2) is 0 Å². The number of unbranched alkanes of at least 4 members (excludes halogenated alkanes) is 5. The average Bonchev–Trinajstić information content (AvgIpc) is 2.21. The van der Waals surface area contributed by atoms with E-state index in [-0.39, 0.29) is 6.10 Å². The van der Waals surface area contributed by atoms with Crippen molar-refractivity contribution in [2.24, 2.45) is 0 Å². The SMILES string of the molecule is C=COC(C=C)CCCCCCCC. The van der Waals surface area contributed by atoms with Gasteiger partial charge in [0.1, 0.15) is 6.10 Å². The Hall–Kier alpha value is -0.720. The zero-order chi connectivity index (χ0) is 10.6. The maximum atomic E-state index is 5.26. The van der Waals surface area contributed by atoms with Crippen LogP contribution in [0.4, 0.5) is 0 Å². The molecule has 0 amide bonds. The summed E-state index contributed by atoms with van der Waals surface area (Å²) in [6.45, 7) is 9.52. The Morgan fingerprint density at radius 3 is 2.29 bits per heavy atom. The van der Waals surface area contributed by atoms with Crippen molar-refractivity contribution in [1.82, 2.24) is 0 Å². The maximum Gasteiger partial charge on any atom is 0.116 e. The van der Waals surface area contributed by atoms with Crippen molar-refractivity contribution < 1.29 is 4.74 Å². The molecule has 1 nitrogen and oxygen atoms in total. The fourth-order valence-electron chi connectivity index (χ4n) is 1.49. The highest BCUT2D eigenvalue weighted by atomic mass is 16.5. The van der Waals surface area contributed by atoms with E-state index in [4.69, 9.17) is 4.74 Å². The Kier molecular flexibility index (Phi) is 9.83. The smallest absolute Gasteiger partial charge is 0.116 e. The highest BCUT2D eigenvalue weighted by molar-refractivity contribution is 4.81. The van der Waals surface area contributed by atoms with Crippen LogP contribution in [0.25, 0.3) is 0 Å². The van der Waals surface area contributed by atoms with E-state index in [1.807, 2.05) is 6.08 Å². The van der Waals surface area contributed by atoms with Crippen molar-refractivity contribution in [2.45, 2.75) is 58.0 Å². The zero-order valence-electron chi connectivity index (χ0n) is 9.50. The molecule has 1 atom stereocenters. The summed E-state index contributed by atoms with van der Waals surface area (Å²) in [6.07, 6.45) is 12.5. The van der Waals surface area contributed by atoms with Crippen LogP contribution in [-0.2, 0) is 4.74 Å². The van der Waals surface area contributed by atoms with Crippen molar-refractivity contribution in [3.05, 3.63) is 25.5 Å². The molecule has 14 heavy (non-hydrogen) atoms. The molecule has 1 unspecified atom stereocenters. The summed E-state index contributed by atoms with van der Waals surface area (Å²) in [6, 6.07) is 0. The van der Waals surface area contributed by atoms with Gasteiger partial charge in [-0.1, -0.05) is 58.3 Å². The second-order valence-electron chi connectivity index (χ2n) is 3.63. The highest BCUT2D eigenvalue weighted by Gasteiger charge is 2.01. The average molecular weight is 196 g/mol. The van der Waals surface area contributed by atoms with E-state index in [1.165, 1.54) is 44.8 Å². The van der Waals surface area contributed by atoms with Crippen LogP contribution in [0.1, 0.15) is 51.9 Å². The van der Waals surface area contributed by atoms with Gasteiger partial charge in [0, 0.05) is 0 Å². The lowest BCUT2D eigenvalue weighted by Crippen LogP contribution is -2.04. The fourth-order valence-corrected chi connectivity index (χ4v) is 1.49. The molecule has 82 valence electrons. The van der Waals surface area contributed by atoms with Crippen LogP contribution in [0.3, 0.4) is 0 Å². The Balaban J connectivity index is 3.23. The molecule has 0 aromatic carbocycles. The standard InChI is InChI=1S/C13H24O/c1-4-7-8-9-10-11-12-13(5-2)14-6-3/h5-6,13H,2-4,7-12H2,1H3. The van der Waals surface area contributed by atoms with Gasteiger partial charge in [-0.2, -0.15) is 0 Å². The molecule has 0 aliphatic carbocycles. The first-order chi connectivity index (χ1) is 6.85. The third-order valence-electron chi connectivity index (χ3n) is 2.38. The molecule has 1 heteroatoms. The lowest BCUT2D eigenvalue weighted by molar-refractivity contribution is 0.175. The molecule has 0 aliphatic heterocycles.